The van der Waals surface area contributed by atoms with Crippen LogP contribution >= 0.6 is 34.8 Å². The van der Waals surface area contributed by atoms with Crippen molar-refractivity contribution in [3.63, 3.8) is 0 Å². The number of nitrogens with zero attached hydrogens (tertiary/aromatic N) is 1. The van der Waals surface area contributed by atoms with Gasteiger partial charge in [-0.15, -0.1) is 0 Å². The summed E-state index contributed by atoms with van der Waals surface area (Å²) in [5.74, 6) is -1.67. The van der Waals surface area contributed by atoms with Crippen LogP contribution in [-0.2, 0) is 0 Å². The molecule has 2 aromatic rings. The second-order valence-electron chi connectivity index (χ2n) is 3.22. The van der Waals surface area contributed by atoms with Crippen molar-refractivity contribution in [3.05, 3.63) is 51.2 Å². The molecule has 1 nitrogen and oxygen atoms in total. The zero-order valence-electron chi connectivity index (χ0n) is 8.15. The molecule has 0 aliphatic rings. The summed E-state index contributed by atoms with van der Waals surface area (Å²) in [5.41, 5.74) is -0.248. The third-order valence-electron chi connectivity index (χ3n) is 2.11. The molecular weight excluding hydrogens is 290 g/mol. The number of hydrogen-bond donors (Lipinski definition) is 0. The van der Waals surface area contributed by atoms with Gasteiger partial charge in [-0.1, -0.05) is 34.8 Å². The standard InChI is InChI=1S/C11H4Cl3F2N/c12-5-1-6(13)10(7(14)2-5)11-8(15)3-17-4-9(11)16/h1-4H. The van der Waals surface area contributed by atoms with Gasteiger partial charge < -0.3 is 0 Å². The van der Waals surface area contributed by atoms with E-state index < -0.39 is 11.6 Å². The van der Waals surface area contributed by atoms with E-state index in [0.29, 0.717) is 5.02 Å². The first kappa shape index (κ1) is 12.6. The molecule has 0 aliphatic carbocycles. The minimum Gasteiger partial charge on any atom is -0.259 e. The Morgan fingerprint density at radius 2 is 1.29 bits per heavy atom. The number of rotatable bonds is 1. The van der Waals surface area contributed by atoms with E-state index in [1.807, 2.05) is 0 Å². The number of halogens is 5. The molecular formula is C11H4Cl3F2N. The van der Waals surface area contributed by atoms with E-state index in [4.69, 9.17) is 34.8 Å². The summed E-state index contributed by atoms with van der Waals surface area (Å²) in [5, 5.41) is 0.441. The zero-order valence-corrected chi connectivity index (χ0v) is 10.4. The van der Waals surface area contributed by atoms with Gasteiger partial charge in [0.15, 0.2) is 11.6 Å². The van der Waals surface area contributed by atoms with Crippen molar-refractivity contribution in [2.45, 2.75) is 0 Å². The highest BCUT2D eigenvalue weighted by Crippen LogP contribution is 2.39. The summed E-state index contributed by atoms with van der Waals surface area (Å²) < 4.78 is 27.1. The van der Waals surface area contributed by atoms with Crippen molar-refractivity contribution in [1.29, 1.82) is 0 Å². The summed E-state index contributed by atoms with van der Waals surface area (Å²) in [6, 6.07) is 2.73. The van der Waals surface area contributed by atoms with Crippen molar-refractivity contribution in [2.24, 2.45) is 0 Å². The van der Waals surface area contributed by atoms with Crippen molar-refractivity contribution in [1.82, 2.24) is 4.98 Å². The first-order chi connectivity index (χ1) is 8.00. The number of pyridine rings is 1. The fourth-order valence-electron chi connectivity index (χ4n) is 1.43. The van der Waals surface area contributed by atoms with Crippen LogP contribution in [0.25, 0.3) is 11.1 Å². The average molecular weight is 295 g/mol. The maximum Gasteiger partial charge on any atom is 0.152 e. The molecule has 0 spiro atoms. The van der Waals surface area contributed by atoms with Gasteiger partial charge >= 0.3 is 0 Å². The Morgan fingerprint density at radius 1 is 0.824 bits per heavy atom. The number of hydrogen-bond acceptors (Lipinski definition) is 1. The minimum absolute atomic E-state index is 0.0649. The quantitative estimate of drug-likeness (QED) is 0.722. The van der Waals surface area contributed by atoms with Gasteiger partial charge in [-0.3, -0.25) is 4.98 Å². The molecule has 0 saturated carbocycles. The molecule has 88 valence electrons. The third kappa shape index (κ3) is 2.37. The van der Waals surface area contributed by atoms with Crippen LogP contribution in [0.2, 0.25) is 15.1 Å². The topological polar surface area (TPSA) is 12.9 Å². The molecule has 0 unspecified atom stereocenters. The molecule has 1 aromatic heterocycles. The van der Waals surface area contributed by atoms with Gasteiger partial charge in [-0.2, -0.15) is 0 Å². The molecule has 1 heterocycles. The predicted octanol–water partition coefficient (Wildman–Crippen LogP) is 4.99. The molecule has 0 saturated heterocycles. The van der Waals surface area contributed by atoms with Crippen LogP contribution in [0.4, 0.5) is 8.78 Å². The maximum absolute atomic E-state index is 13.5. The summed E-state index contributed by atoms with van der Waals surface area (Å²) >= 11 is 17.5. The maximum atomic E-state index is 13.5. The molecule has 0 radical (unpaired) electrons. The van der Waals surface area contributed by atoms with Crippen molar-refractivity contribution in [2.75, 3.05) is 0 Å². The smallest absolute Gasteiger partial charge is 0.152 e. The van der Waals surface area contributed by atoms with Crippen LogP contribution in [0, 0.1) is 11.6 Å². The lowest BCUT2D eigenvalue weighted by Crippen LogP contribution is -1.93. The van der Waals surface area contributed by atoms with Gasteiger partial charge in [0.25, 0.3) is 0 Å². The van der Waals surface area contributed by atoms with E-state index in [2.05, 4.69) is 4.98 Å². The summed E-state index contributed by atoms with van der Waals surface area (Å²) in [6.45, 7) is 0. The molecule has 0 atom stereocenters. The fraction of sp³-hybridized carbons (Fsp3) is 0. The monoisotopic (exact) mass is 293 g/mol. The molecule has 17 heavy (non-hydrogen) atoms. The zero-order chi connectivity index (χ0) is 12.6. The Labute approximate surface area is 111 Å². The van der Waals surface area contributed by atoms with Gasteiger partial charge in [0.05, 0.1) is 28.0 Å². The molecule has 1 aromatic carbocycles. The largest absolute Gasteiger partial charge is 0.259 e. The Balaban J connectivity index is 2.77. The molecule has 0 aliphatic heterocycles. The Kier molecular flexibility index (Phi) is 3.52. The van der Waals surface area contributed by atoms with E-state index in [-0.39, 0.29) is 21.2 Å². The lowest BCUT2D eigenvalue weighted by Gasteiger charge is -2.09. The van der Waals surface area contributed by atoms with Crippen LogP contribution in [-0.4, -0.2) is 4.98 Å². The molecule has 0 fully saturated rings. The SMILES string of the molecule is Fc1cncc(F)c1-c1c(Cl)cc(Cl)cc1Cl. The van der Waals surface area contributed by atoms with Crippen molar-refractivity contribution < 1.29 is 8.78 Å². The molecule has 0 amide bonds. The Hall–Kier alpha value is -0.900. The second-order valence-corrected chi connectivity index (χ2v) is 4.47. The van der Waals surface area contributed by atoms with Gasteiger partial charge in [-0.05, 0) is 12.1 Å². The van der Waals surface area contributed by atoms with Crippen molar-refractivity contribution >= 4 is 34.8 Å². The first-order valence-electron chi connectivity index (χ1n) is 4.44. The van der Waals surface area contributed by atoms with Crippen LogP contribution in [0.3, 0.4) is 0 Å². The highest BCUT2D eigenvalue weighted by Gasteiger charge is 2.18. The summed E-state index contributed by atoms with van der Waals surface area (Å²) in [7, 11) is 0. The van der Waals surface area contributed by atoms with E-state index in [1.165, 1.54) is 12.1 Å². The van der Waals surface area contributed by atoms with Gasteiger partial charge in [-0.25, -0.2) is 8.78 Å². The summed E-state index contributed by atoms with van der Waals surface area (Å²) in [4.78, 5) is 3.38. The first-order valence-corrected chi connectivity index (χ1v) is 5.58. The van der Waals surface area contributed by atoms with Crippen LogP contribution in [0.5, 0.6) is 0 Å². The normalized spacial score (nSPS) is 10.6. The lowest BCUT2D eigenvalue weighted by atomic mass is 10.1. The highest BCUT2D eigenvalue weighted by molar-refractivity contribution is 6.41. The molecule has 0 bridgehead atoms. The van der Waals surface area contributed by atoms with E-state index >= 15 is 0 Å². The van der Waals surface area contributed by atoms with E-state index in [9.17, 15) is 8.78 Å². The van der Waals surface area contributed by atoms with Crippen LogP contribution in [0.15, 0.2) is 24.5 Å². The van der Waals surface area contributed by atoms with Crippen molar-refractivity contribution in [3.8, 4) is 11.1 Å². The molecule has 2 rings (SSSR count). The Morgan fingerprint density at radius 3 is 1.76 bits per heavy atom. The number of aromatic nitrogens is 1. The second kappa shape index (κ2) is 4.77. The number of benzene rings is 1. The Bertz CT molecular complexity index is 544. The van der Waals surface area contributed by atoms with Gasteiger partial charge in [0, 0.05) is 10.6 Å². The predicted molar refractivity (Wildman–Crippen MR) is 64.6 cm³/mol. The fourth-order valence-corrected chi connectivity index (χ4v) is 2.44. The highest BCUT2D eigenvalue weighted by atomic mass is 35.5. The summed E-state index contributed by atoms with van der Waals surface area (Å²) in [6.07, 6.45) is 1.78. The van der Waals surface area contributed by atoms with E-state index in [0.717, 1.165) is 12.4 Å². The molecule has 6 heteroatoms. The van der Waals surface area contributed by atoms with Gasteiger partial charge in [0.2, 0.25) is 0 Å². The average Bonchev–Trinajstić information content (AvgIpc) is 2.21. The van der Waals surface area contributed by atoms with Gasteiger partial charge in [0.1, 0.15) is 0 Å². The minimum atomic E-state index is -0.837. The van der Waals surface area contributed by atoms with Crippen LogP contribution < -0.4 is 0 Å². The third-order valence-corrected chi connectivity index (χ3v) is 2.92. The van der Waals surface area contributed by atoms with E-state index in [1.54, 1.807) is 0 Å². The van der Waals surface area contributed by atoms with Crippen LogP contribution in [0.1, 0.15) is 0 Å². The molecule has 0 N–H and O–H groups in total. The lowest BCUT2D eigenvalue weighted by molar-refractivity contribution is 0.579.